The summed E-state index contributed by atoms with van der Waals surface area (Å²) in [6.07, 6.45) is 2.36. The molecule has 0 bridgehead atoms. The van der Waals surface area contributed by atoms with Crippen molar-refractivity contribution in [2.75, 3.05) is 13.1 Å². The van der Waals surface area contributed by atoms with Crippen molar-refractivity contribution in [1.82, 2.24) is 15.5 Å². The maximum Gasteiger partial charge on any atom is 0.223 e. The highest BCUT2D eigenvalue weighted by molar-refractivity contribution is 5.80. The predicted octanol–water partition coefficient (Wildman–Crippen LogP) is 3.63. The van der Waals surface area contributed by atoms with Gasteiger partial charge in [0.2, 0.25) is 5.91 Å². The van der Waals surface area contributed by atoms with Crippen molar-refractivity contribution < 1.29 is 4.79 Å². The first-order valence-electron chi connectivity index (χ1n) is 10.6. The molecule has 2 N–H and O–H groups in total. The molecule has 1 heterocycles. The molecule has 0 spiro atoms. The number of carbonyl (C=O) groups is 1. The number of aryl methyl sites for hydroxylation is 1. The zero-order valence-electron chi connectivity index (χ0n) is 17.6. The zero-order chi connectivity index (χ0) is 20.5. The Kier molecular flexibility index (Phi) is 7.68. The second kappa shape index (κ2) is 10.6. The number of nitrogens with one attached hydrogen (secondary N) is 2. The maximum absolute atomic E-state index is 12.5. The fourth-order valence-electron chi connectivity index (χ4n) is 3.68. The molecule has 0 aliphatic carbocycles. The van der Waals surface area contributed by atoms with Crippen LogP contribution in [0.25, 0.3) is 0 Å². The number of benzene rings is 2. The van der Waals surface area contributed by atoms with Gasteiger partial charge in [-0.05, 0) is 42.0 Å². The SMILES string of the molecule is CCNC(=NCc1ccccc1CC)NCCCC(=O)N1Cc2ccccc2C1. The molecule has 5 heteroatoms. The third-order valence-electron chi connectivity index (χ3n) is 5.30. The molecule has 2 aromatic rings. The predicted molar refractivity (Wildman–Crippen MR) is 119 cm³/mol. The van der Waals surface area contributed by atoms with Crippen molar-refractivity contribution in [3.8, 4) is 0 Å². The van der Waals surface area contributed by atoms with Gasteiger partial charge < -0.3 is 15.5 Å². The molecule has 154 valence electrons. The minimum atomic E-state index is 0.224. The van der Waals surface area contributed by atoms with E-state index in [1.807, 2.05) is 17.0 Å². The monoisotopic (exact) mass is 392 g/mol. The van der Waals surface area contributed by atoms with Crippen molar-refractivity contribution in [3.63, 3.8) is 0 Å². The Morgan fingerprint density at radius 1 is 0.966 bits per heavy atom. The number of carbonyl (C=O) groups excluding carboxylic acids is 1. The van der Waals surface area contributed by atoms with Gasteiger partial charge in [-0.3, -0.25) is 4.79 Å². The molecule has 2 aromatic carbocycles. The van der Waals surface area contributed by atoms with Crippen LogP contribution >= 0.6 is 0 Å². The van der Waals surface area contributed by atoms with Crippen molar-refractivity contribution in [1.29, 1.82) is 0 Å². The molecular weight excluding hydrogens is 360 g/mol. The molecule has 0 radical (unpaired) electrons. The smallest absolute Gasteiger partial charge is 0.223 e. The van der Waals surface area contributed by atoms with Gasteiger partial charge in [-0.15, -0.1) is 0 Å². The van der Waals surface area contributed by atoms with Crippen molar-refractivity contribution in [2.45, 2.75) is 52.7 Å². The lowest BCUT2D eigenvalue weighted by atomic mass is 10.1. The number of nitrogens with zero attached hydrogens (tertiary/aromatic N) is 2. The van der Waals surface area contributed by atoms with Gasteiger partial charge in [-0.1, -0.05) is 55.5 Å². The Balaban J connectivity index is 1.44. The summed E-state index contributed by atoms with van der Waals surface area (Å²) in [5.74, 6) is 1.03. The van der Waals surface area contributed by atoms with Gasteiger partial charge >= 0.3 is 0 Å². The van der Waals surface area contributed by atoms with E-state index < -0.39 is 0 Å². The molecule has 0 fully saturated rings. The Morgan fingerprint density at radius 2 is 1.62 bits per heavy atom. The lowest BCUT2D eigenvalue weighted by Crippen LogP contribution is -2.38. The van der Waals surface area contributed by atoms with Gasteiger partial charge in [0.05, 0.1) is 6.54 Å². The zero-order valence-corrected chi connectivity index (χ0v) is 17.6. The first kappa shape index (κ1) is 20.9. The van der Waals surface area contributed by atoms with Crippen LogP contribution in [0.1, 0.15) is 48.9 Å². The minimum Gasteiger partial charge on any atom is -0.357 e. The van der Waals surface area contributed by atoms with Crippen LogP contribution in [-0.4, -0.2) is 29.9 Å². The van der Waals surface area contributed by atoms with Crippen LogP contribution in [0.5, 0.6) is 0 Å². The Labute approximate surface area is 174 Å². The van der Waals surface area contributed by atoms with E-state index in [9.17, 15) is 4.79 Å². The lowest BCUT2D eigenvalue weighted by molar-refractivity contribution is -0.131. The van der Waals surface area contributed by atoms with E-state index in [0.29, 0.717) is 13.0 Å². The van der Waals surface area contributed by atoms with Crippen LogP contribution in [0.4, 0.5) is 0 Å². The van der Waals surface area contributed by atoms with Gasteiger partial charge in [0, 0.05) is 32.6 Å². The standard InChI is InChI=1S/C24H32N4O/c1-3-19-10-5-6-11-20(19)16-27-24(25-4-2)26-15-9-14-23(29)28-17-21-12-7-8-13-22(21)18-28/h5-8,10-13H,3-4,9,14-18H2,1-2H3,(H2,25,26,27). The van der Waals surface area contributed by atoms with E-state index in [0.717, 1.165) is 45.0 Å². The number of aliphatic imine (C=N–C) groups is 1. The number of fused-ring (bicyclic) bond motifs is 1. The average Bonchev–Trinajstić information content (AvgIpc) is 3.19. The number of hydrogen-bond donors (Lipinski definition) is 2. The summed E-state index contributed by atoms with van der Waals surface area (Å²) in [7, 11) is 0. The lowest BCUT2D eigenvalue weighted by Gasteiger charge is -2.16. The molecule has 0 atom stereocenters. The molecule has 5 nitrogen and oxygen atoms in total. The highest BCUT2D eigenvalue weighted by Crippen LogP contribution is 2.22. The number of rotatable bonds is 8. The van der Waals surface area contributed by atoms with Crippen LogP contribution in [0.15, 0.2) is 53.5 Å². The largest absolute Gasteiger partial charge is 0.357 e. The normalized spacial score (nSPS) is 13.3. The molecule has 1 aliphatic rings. The van der Waals surface area contributed by atoms with Gasteiger partial charge in [-0.2, -0.15) is 0 Å². The van der Waals surface area contributed by atoms with E-state index in [1.165, 1.54) is 22.3 Å². The van der Waals surface area contributed by atoms with E-state index >= 15 is 0 Å². The maximum atomic E-state index is 12.5. The fourth-order valence-corrected chi connectivity index (χ4v) is 3.68. The van der Waals surface area contributed by atoms with E-state index in [2.05, 4.69) is 60.9 Å². The molecule has 0 saturated heterocycles. The Hall–Kier alpha value is -2.82. The van der Waals surface area contributed by atoms with Crippen LogP contribution in [0.2, 0.25) is 0 Å². The molecular formula is C24H32N4O. The molecule has 0 saturated carbocycles. The van der Waals surface area contributed by atoms with E-state index in [-0.39, 0.29) is 5.91 Å². The second-order valence-corrected chi connectivity index (χ2v) is 7.37. The van der Waals surface area contributed by atoms with Crippen molar-refractivity contribution in [2.24, 2.45) is 4.99 Å². The highest BCUT2D eigenvalue weighted by Gasteiger charge is 2.22. The summed E-state index contributed by atoms with van der Waals surface area (Å²) in [6, 6.07) is 16.7. The van der Waals surface area contributed by atoms with Gasteiger partial charge in [0.1, 0.15) is 0 Å². The molecule has 1 aliphatic heterocycles. The second-order valence-electron chi connectivity index (χ2n) is 7.37. The van der Waals surface area contributed by atoms with Crippen molar-refractivity contribution in [3.05, 3.63) is 70.8 Å². The highest BCUT2D eigenvalue weighted by atomic mass is 16.2. The van der Waals surface area contributed by atoms with Crippen LogP contribution in [0, 0.1) is 0 Å². The number of amides is 1. The number of guanidine groups is 1. The molecule has 29 heavy (non-hydrogen) atoms. The summed E-state index contributed by atoms with van der Waals surface area (Å²) in [5.41, 5.74) is 5.14. The van der Waals surface area contributed by atoms with Gasteiger partial charge in [-0.25, -0.2) is 4.99 Å². The fraction of sp³-hybridized carbons (Fsp3) is 0.417. The minimum absolute atomic E-state index is 0.224. The quantitative estimate of drug-likeness (QED) is 0.410. The Bertz CT molecular complexity index is 821. The van der Waals surface area contributed by atoms with Gasteiger partial charge in [0.25, 0.3) is 0 Å². The van der Waals surface area contributed by atoms with E-state index in [4.69, 9.17) is 4.99 Å². The van der Waals surface area contributed by atoms with Crippen LogP contribution in [0.3, 0.4) is 0 Å². The van der Waals surface area contributed by atoms with Gasteiger partial charge in [0.15, 0.2) is 5.96 Å². The third-order valence-corrected chi connectivity index (χ3v) is 5.30. The first-order chi connectivity index (χ1) is 14.2. The summed E-state index contributed by atoms with van der Waals surface area (Å²) in [4.78, 5) is 19.2. The molecule has 0 aromatic heterocycles. The van der Waals surface area contributed by atoms with Crippen LogP contribution in [-0.2, 0) is 30.8 Å². The summed E-state index contributed by atoms with van der Waals surface area (Å²) >= 11 is 0. The topological polar surface area (TPSA) is 56.7 Å². The van der Waals surface area contributed by atoms with Crippen LogP contribution < -0.4 is 10.6 Å². The van der Waals surface area contributed by atoms with Crippen molar-refractivity contribution >= 4 is 11.9 Å². The summed E-state index contributed by atoms with van der Waals surface area (Å²) in [5, 5.41) is 6.65. The number of hydrogen-bond acceptors (Lipinski definition) is 2. The molecule has 1 amide bonds. The first-order valence-corrected chi connectivity index (χ1v) is 10.6. The average molecular weight is 393 g/mol. The van der Waals surface area contributed by atoms with E-state index in [1.54, 1.807) is 0 Å². The third kappa shape index (κ3) is 5.83. The Morgan fingerprint density at radius 3 is 2.28 bits per heavy atom. The summed E-state index contributed by atoms with van der Waals surface area (Å²) in [6.45, 7) is 7.91. The molecule has 0 unspecified atom stereocenters. The molecule has 3 rings (SSSR count). The summed E-state index contributed by atoms with van der Waals surface area (Å²) < 4.78 is 0.